The summed E-state index contributed by atoms with van der Waals surface area (Å²) in [4.78, 5) is 20.7. The van der Waals surface area contributed by atoms with Gasteiger partial charge in [-0.15, -0.1) is 7.92 Å². The number of unbranched alkanes of at least 4 members (excludes halogenated alkanes) is 5. The number of carbonyl (C=O) groups is 2. The summed E-state index contributed by atoms with van der Waals surface area (Å²) in [5.41, 5.74) is -1.27. The van der Waals surface area contributed by atoms with Crippen LogP contribution in [-0.2, 0) is 10.1 Å². The van der Waals surface area contributed by atoms with E-state index in [0.29, 0.717) is 14.0 Å². The number of hydrogen-bond donors (Lipinski definition) is 3. The zero-order valence-corrected chi connectivity index (χ0v) is 21.9. The van der Waals surface area contributed by atoms with Gasteiger partial charge in [-0.1, -0.05) is 52.9 Å². The molecule has 0 aliphatic heterocycles. The summed E-state index contributed by atoms with van der Waals surface area (Å²) in [6.07, 6.45) is 16.2. The second-order valence-electron chi connectivity index (χ2n) is 7.75. The molecule has 0 spiro atoms. The van der Waals surface area contributed by atoms with Crippen molar-refractivity contribution < 1.29 is 37.5 Å². The molecule has 190 valence electrons. The first-order valence-corrected chi connectivity index (χ1v) is 14.8. The van der Waals surface area contributed by atoms with Gasteiger partial charge in [0.2, 0.25) is 0 Å². The molecule has 0 fully saturated rings. The largest absolute Gasteiger partial charge is 0.494 e. The first-order chi connectivity index (χ1) is 15.5. The molecule has 1 aromatic carbocycles. The average molecular weight is 507 g/mol. The Hall–Kier alpha value is -1.70. The molecule has 0 heterocycles. The topological polar surface area (TPSA) is 138 Å². The van der Waals surface area contributed by atoms with E-state index >= 15 is 0 Å². The van der Waals surface area contributed by atoms with Gasteiger partial charge in [-0.05, 0) is 49.9 Å². The quantitative estimate of drug-likeness (QED) is 0.150. The maximum Gasteiger partial charge on any atom is 0.339 e. The highest BCUT2D eigenvalue weighted by Crippen LogP contribution is 2.38. The van der Waals surface area contributed by atoms with Gasteiger partial charge in [0.25, 0.3) is 10.1 Å². The molecule has 0 aliphatic rings. The molecule has 0 aliphatic carbocycles. The number of rotatable bonds is 15. The van der Waals surface area contributed by atoms with Crippen LogP contribution in [0.1, 0.15) is 92.9 Å². The summed E-state index contributed by atoms with van der Waals surface area (Å²) in [7, 11) is -3.40. The first-order valence-electron chi connectivity index (χ1n) is 11.4. The van der Waals surface area contributed by atoms with E-state index in [1.54, 1.807) is 18.5 Å². The molecule has 3 N–H and O–H groups in total. The minimum absolute atomic E-state index is 0.411. The van der Waals surface area contributed by atoms with Gasteiger partial charge in [0, 0.05) is 0 Å². The fourth-order valence-electron chi connectivity index (χ4n) is 3.15. The molecule has 0 saturated carbocycles. The van der Waals surface area contributed by atoms with Gasteiger partial charge < -0.3 is 14.9 Å². The molecule has 1 rings (SSSR count). The van der Waals surface area contributed by atoms with E-state index in [1.807, 2.05) is 0 Å². The minimum atomic E-state index is -4.81. The smallest absolute Gasteiger partial charge is 0.339 e. The van der Waals surface area contributed by atoms with E-state index in [-0.39, 0.29) is 0 Å². The summed E-state index contributed by atoms with van der Waals surface area (Å²) < 4.78 is 35.6. The van der Waals surface area contributed by atoms with E-state index in [2.05, 4.69) is 25.5 Å². The van der Waals surface area contributed by atoms with Crippen molar-refractivity contribution >= 4 is 30.0 Å². The molecular formula is C23H39O8PS. The summed E-state index contributed by atoms with van der Waals surface area (Å²) in [5.74, 6) is -3.75. The normalized spacial score (nSPS) is 11.1. The number of aromatic carboxylic acids is 2. The third-order valence-corrected chi connectivity index (χ3v) is 8.70. The van der Waals surface area contributed by atoms with Gasteiger partial charge >= 0.3 is 11.9 Å². The fraction of sp³-hybridized carbons (Fsp3) is 0.652. The molecule has 33 heavy (non-hydrogen) atoms. The lowest BCUT2D eigenvalue weighted by Gasteiger charge is -2.17. The number of carboxylic acids is 2. The Kier molecular flexibility index (Phi) is 16.0. The van der Waals surface area contributed by atoms with Crippen LogP contribution in [0.25, 0.3) is 0 Å². The Labute approximate surface area is 199 Å². The molecule has 0 bridgehead atoms. The van der Waals surface area contributed by atoms with Crippen molar-refractivity contribution in [1.29, 1.82) is 0 Å². The number of benzene rings is 1. The van der Waals surface area contributed by atoms with Crippen LogP contribution in [0.3, 0.4) is 0 Å². The van der Waals surface area contributed by atoms with Gasteiger partial charge in [-0.2, -0.15) is 8.42 Å². The van der Waals surface area contributed by atoms with Crippen molar-refractivity contribution in [1.82, 2.24) is 0 Å². The predicted octanol–water partition coefficient (Wildman–Crippen LogP) is 5.99. The van der Waals surface area contributed by atoms with Crippen molar-refractivity contribution in [3.63, 3.8) is 0 Å². The molecule has 0 radical (unpaired) electrons. The van der Waals surface area contributed by atoms with Crippen molar-refractivity contribution in [2.75, 3.05) is 25.6 Å². The third kappa shape index (κ3) is 12.4. The zero-order chi connectivity index (χ0) is 25.4. The molecule has 0 saturated heterocycles. The lowest BCUT2D eigenvalue weighted by Crippen LogP contribution is -2.10. The molecule has 0 amide bonds. The van der Waals surface area contributed by atoms with Gasteiger partial charge in [-0.25, -0.2) is 9.59 Å². The number of ether oxygens (including phenoxy) is 1. The highest BCUT2D eigenvalue weighted by Gasteiger charge is 2.26. The second-order valence-corrected chi connectivity index (χ2v) is 11.8. The minimum Gasteiger partial charge on any atom is -0.494 e. The van der Waals surface area contributed by atoms with Crippen molar-refractivity contribution in [3.05, 3.63) is 23.3 Å². The van der Waals surface area contributed by atoms with E-state index in [1.165, 1.54) is 51.4 Å². The lowest BCUT2D eigenvalue weighted by atomic mass is 10.1. The summed E-state index contributed by atoms with van der Waals surface area (Å²) in [6.45, 7) is 6.95. The van der Waals surface area contributed by atoms with E-state index in [9.17, 15) is 18.0 Å². The van der Waals surface area contributed by atoms with E-state index in [4.69, 9.17) is 14.8 Å². The van der Waals surface area contributed by atoms with Crippen LogP contribution < -0.4 is 4.74 Å². The molecule has 0 aromatic heterocycles. The van der Waals surface area contributed by atoms with Crippen molar-refractivity contribution in [2.45, 2.75) is 77.0 Å². The van der Waals surface area contributed by atoms with Crippen LogP contribution in [-0.4, -0.2) is 60.7 Å². The molecule has 8 nitrogen and oxygen atoms in total. The van der Waals surface area contributed by atoms with Crippen LogP contribution >= 0.6 is 7.92 Å². The summed E-state index contributed by atoms with van der Waals surface area (Å²) in [5, 5.41) is 17.6. The summed E-state index contributed by atoms with van der Waals surface area (Å²) >= 11 is 0. The van der Waals surface area contributed by atoms with Gasteiger partial charge in [0.1, 0.15) is 10.5 Å². The van der Waals surface area contributed by atoms with Crippen molar-refractivity contribution in [3.8, 4) is 5.75 Å². The van der Waals surface area contributed by atoms with Crippen LogP contribution in [0.2, 0.25) is 0 Å². The average Bonchev–Trinajstić information content (AvgIpc) is 2.76. The first kappa shape index (κ1) is 31.3. The lowest BCUT2D eigenvalue weighted by molar-refractivity contribution is 0.0692. The molecule has 10 heteroatoms. The molecule has 0 atom stereocenters. The van der Waals surface area contributed by atoms with E-state index < -0.39 is 43.8 Å². The Bertz CT molecular complexity index is 831. The Morgan fingerprint density at radius 3 is 1.76 bits per heavy atom. The number of methoxy groups -OCH3 is 1. The Balaban J connectivity index is 0.000000633. The fourth-order valence-corrected chi connectivity index (χ4v) is 6.72. The molecule has 0 unspecified atom stereocenters. The zero-order valence-electron chi connectivity index (χ0n) is 20.2. The number of carboxylic acid groups (broad SMARTS) is 2. The maximum absolute atomic E-state index is 11.1. The monoisotopic (exact) mass is 506 g/mol. The maximum atomic E-state index is 11.1. The van der Waals surface area contributed by atoms with Crippen LogP contribution in [0.15, 0.2) is 17.0 Å². The predicted molar refractivity (Wildman–Crippen MR) is 132 cm³/mol. The highest BCUT2D eigenvalue weighted by atomic mass is 32.2. The van der Waals surface area contributed by atoms with Crippen LogP contribution in [0.4, 0.5) is 0 Å². The molecular weight excluding hydrogens is 467 g/mol. The van der Waals surface area contributed by atoms with Crippen LogP contribution in [0, 0.1) is 0 Å². The van der Waals surface area contributed by atoms with E-state index in [0.717, 1.165) is 13.2 Å². The standard InChI is InChI=1S/C14H31P.C9H8O8S/c1-4-7-10-11-14-15(12-8-5-2)13-9-6-3;1-17-7-5(9(12)13)2-4(8(10)11)3-6(7)18(14,15)16/h4-14H2,1-3H3;2-3H,1H3,(H,10,11)(H,12,13)(H,14,15,16). The molecule has 1 aromatic rings. The van der Waals surface area contributed by atoms with Gasteiger partial charge in [-0.3, -0.25) is 4.55 Å². The summed E-state index contributed by atoms with van der Waals surface area (Å²) in [6, 6.07) is 1.35. The Morgan fingerprint density at radius 1 is 0.848 bits per heavy atom. The number of hydrogen-bond acceptors (Lipinski definition) is 5. The van der Waals surface area contributed by atoms with Gasteiger partial charge in [0.05, 0.1) is 12.7 Å². The second kappa shape index (κ2) is 16.8. The Morgan fingerprint density at radius 2 is 1.36 bits per heavy atom. The van der Waals surface area contributed by atoms with Gasteiger partial charge in [0.15, 0.2) is 5.75 Å². The highest BCUT2D eigenvalue weighted by molar-refractivity contribution is 7.86. The van der Waals surface area contributed by atoms with Crippen LogP contribution in [0.5, 0.6) is 5.75 Å². The van der Waals surface area contributed by atoms with Crippen molar-refractivity contribution in [2.24, 2.45) is 0 Å². The SMILES string of the molecule is CCCCCCP(CCCC)CCCC.COc1c(C(=O)O)cc(C(=O)O)cc1S(=O)(=O)O. The third-order valence-electron chi connectivity index (χ3n) is 5.00.